The highest BCUT2D eigenvalue weighted by atomic mass is 127. The standard InChI is InChI=1S/C22H35N5O.HI/c1-23-22(25-16-21(28)26-19-11-6-3-7-12-19)24-15-20-13-8-14-27(20)17-18-9-4-2-5-10-18;/h2,4-5,9-10,19-20H,3,6-8,11-17H2,1H3,(H,26,28)(H2,23,24,25);1H. The van der Waals surface area contributed by atoms with Gasteiger partial charge in [-0.1, -0.05) is 49.6 Å². The molecule has 1 aromatic carbocycles. The van der Waals surface area contributed by atoms with Crippen molar-refractivity contribution < 1.29 is 4.79 Å². The van der Waals surface area contributed by atoms with E-state index in [4.69, 9.17) is 0 Å². The number of amides is 1. The summed E-state index contributed by atoms with van der Waals surface area (Å²) in [5, 5.41) is 9.70. The molecule has 7 heteroatoms. The Balaban J connectivity index is 0.00000300. The molecule has 0 radical (unpaired) electrons. The molecule has 0 bridgehead atoms. The maximum atomic E-state index is 12.2. The van der Waals surface area contributed by atoms with Crippen molar-refractivity contribution >= 4 is 35.8 Å². The summed E-state index contributed by atoms with van der Waals surface area (Å²) >= 11 is 0. The van der Waals surface area contributed by atoms with Crippen molar-refractivity contribution in [2.24, 2.45) is 4.99 Å². The molecule has 1 saturated heterocycles. The van der Waals surface area contributed by atoms with E-state index >= 15 is 0 Å². The molecular weight excluding hydrogens is 477 g/mol. The number of benzene rings is 1. The van der Waals surface area contributed by atoms with Gasteiger partial charge in [0.1, 0.15) is 0 Å². The fourth-order valence-corrected chi connectivity index (χ4v) is 4.28. The molecule has 0 spiro atoms. The van der Waals surface area contributed by atoms with Crippen LogP contribution in [0.2, 0.25) is 0 Å². The van der Waals surface area contributed by atoms with Gasteiger partial charge in [-0.15, -0.1) is 24.0 Å². The van der Waals surface area contributed by atoms with Gasteiger partial charge in [-0.2, -0.15) is 0 Å². The molecule has 1 aliphatic carbocycles. The molecule has 1 aromatic rings. The van der Waals surface area contributed by atoms with Gasteiger partial charge in [-0.3, -0.25) is 14.7 Å². The van der Waals surface area contributed by atoms with Crippen LogP contribution in [0.15, 0.2) is 35.3 Å². The minimum atomic E-state index is 0. The smallest absolute Gasteiger partial charge is 0.239 e. The third-order valence-electron chi connectivity index (χ3n) is 5.84. The van der Waals surface area contributed by atoms with Crippen molar-refractivity contribution in [2.75, 3.05) is 26.7 Å². The van der Waals surface area contributed by atoms with Gasteiger partial charge >= 0.3 is 0 Å². The molecule has 1 aliphatic heterocycles. The van der Waals surface area contributed by atoms with E-state index in [1.165, 1.54) is 37.7 Å². The van der Waals surface area contributed by atoms with Crippen molar-refractivity contribution in [3.05, 3.63) is 35.9 Å². The van der Waals surface area contributed by atoms with Crippen LogP contribution in [0.5, 0.6) is 0 Å². The van der Waals surface area contributed by atoms with Crippen molar-refractivity contribution in [1.82, 2.24) is 20.9 Å². The van der Waals surface area contributed by atoms with E-state index < -0.39 is 0 Å². The Morgan fingerprint density at radius 3 is 2.55 bits per heavy atom. The summed E-state index contributed by atoms with van der Waals surface area (Å²) in [6.07, 6.45) is 8.39. The van der Waals surface area contributed by atoms with Gasteiger partial charge in [0, 0.05) is 32.2 Å². The molecule has 162 valence electrons. The Kier molecular flexibility index (Phi) is 10.8. The lowest BCUT2D eigenvalue weighted by Gasteiger charge is -2.26. The van der Waals surface area contributed by atoms with Gasteiger partial charge in [0.15, 0.2) is 5.96 Å². The molecule has 29 heavy (non-hydrogen) atoms. The number of likely N-dealkylation sites (tertiary alicyclic amines) is 1. The molecule has 0 aromatic heterocycles. The topological polar surface area (TPSA) is 68.8 Å². The second-order valence-corrected chi connectivity index (χ2v) is 7.96. The molecule has 1 heterocycles. The maximum absolute atomic E-state index is 12.2. The van der Waals surface area contributed by atoms with E-state index in [0.717, 1.165) is 32.5 Å². The largest absolute Gasteiger partial charge is 0.355 e. The Morgan fingerprint density at radius 2 is 1.83 bits per heavy atom. The number of aliphatic imine (C=N–C) groups is 1. The van der Waals surface area contributed by atoms with E-state index in [0.29, 0.717) is 18.0 Å². The summed E-state index contributed by atoms with van der Waals surface area (Å²) in [7, 11) is 1.75. The van der Waals surface area contributed by atoms with E-state index in [-0.39, 0.29) is 36.4 Å². The average Bonchev–Trinajstić information content (AvgIpc) is 3.16. The van der Waals surface area contributed by atoms with Crippen LogP contribution in [-0.4, -0.2) is 55.5 Å². The van der Waals surface area contributed by atoms with Crippen molar-refractivity contribution in [1.29, 1.82) is 0 Å². The number of hydrogen-bond acceptors (Lipinski definition) is 3. The van der Waals surface area contributed by atoms with Crippen molar-refractivity contribution in [2.45, 2.75) is 63.6 Å². The molecule has 1 saturated carbocycles. The third-order valence-corrected chi connectivity index (χ3v) is 5.84. The minimum Gasteiger partial charge on any atom is -0.355 e. The molecule has 3 N–H and O–H groups in total. The third kappa shape index (κ3) is 8.12. The van der Waals surface area contributed by atoms with Gasteiger partial charge in [-0.05, 0) is 37.8 Å². The van der Waals surface area contributed by atoms with Gasteiger partial charge < -0.3 is 16.0 Å². The van der Waals surface area contributed by atoms with Crippen LogP contribution in [0.3, 0.4) is 0 Å². The lowest BCUT2D eigenvalue weighted by Crippen LogP contribution is -2.48. The van der Waals surface area contributed by atoms with Crippen LogP contribution >= 0.6 is 24.0 Å². The minimum absolute atomic E-state index is 0. The monoisotopic (exact) mass is 513 g/mol. The average molecular weight is 513 g/mol. The summed E-state index contributed by atoms with van der Waals surface area (Å²) in [4.78, 5) is 19.0. The highest BCUT2D eigenvalue weighted by molar-refractivity contribution is 14.0. The zero-order valence-electron chi connectivity index (χ0n) is 17.5. The number of rotatable bonds is 7. The number of nitrogens with zero attached hydrogens (tertiary/aromatic N) is 2. The van der Waals surface area contributed by atoms with Crippen LogP contribution in [-0.2, 0) is 11.3 Å². The quantitative estimate of drug-likeness (QED) is 0.298. The van der Waals surface area contributed by atoms with Gasteiger partial charge in [0.05, 0.1) is 6.54 Å². The highest BCUT2D eigenvalue weighted by Gasteiger charge is 2.24. The Labute approximate surface area is 192 Å². The van der Waals surface area contributed by atoms with Gasteiger partial charge in [-0.25, -0.2) is 0 Å². The summed E-state index contributed by atoms with van der Waals surface area (Å²) in [5.74, 6) is 0.756. The lowest BCUT2D eigenvalue weighted by atomic mass is 9.95. The second-order valence-electron chi connectivity index (χ2n) is 7.96. The number of carbonyl (C=O) groups is 1. The van der Waals surface area contributed by atoms with Crippen LogP contribution in [0, 0.1) is 0 Å². The summed E-state index contributed by atoms with van der Waals surface area (Å²) in [6, 6.07) is 11.5. The number of hydrogen-bond donors (Lipinski definition) is 3. The number of carbonyl (C=O) groups excluding carboxylic acids is 1. The zero-order valence-corrected chi connectivity index (χ0v) is 19.9. The Morgan fingerprint density at radius 1 is 1.07 bits per heavy atom. The van der Waals surface area contributed by atoms with Crippen LogP contribution < -0.4 is 16.0 Å². The maximum Gasteiger partial charge on any atom is 0.239 e. The number of nitrogens with one attached hydrogen (secondary N) is 3. The fourth-order valence-electron chi connectivity index (χ4n) is 4.28. The van der Waals surface area contributed by atoms with Crippen LogP contribution in [0.1, 0.15) is 50.5 Å². The predicted molar refractivity (Wildman–Crippen MR) is 130 cm³/mol. The Bertz CT molecular complexity index is 633. The molecule has 1 unspecified atom stereocenters. The van der Waals surface area contributed by atoms with Crippen LogP contribution in [0.4, 0.5) is 0 Å². The first-order valence-corrected chi connectivity index (χ1v) is 10.8. The molecule has 2 aliphatic rings. The normalized spacial score (nSPS) is 20.7. The first-order chi connectivity index (χ1) is 13.7. The van der Waals surface area contributed by atoms with Crippen molar-refractivity contribution in [3.63, 3.8) is 0 Å². The van der Waals surface area contributed by atoms with Gasteiger partial charge in [0.2, 0.25) is 5.91 Å². The number of guanidine groups is 1. The SMILES string of the molecule is CN=C(NCC(=O)NC1CCCCC1)NCC1CCCN1Cc1ccccc1.I. The van der Waals surface area contributed by atoms with Gasteiger partial charge in [0.25, 0.3) is 0 Å². The van der Waals surface area contributed by atoms with E-state index in [2.05, 4.69) is 56.2 Å². The fraction of sp³-hybridized carbons (Fsp3) is 0.636. The molecule has 3 rings (SSSR count). The molecule has 1 amide bonds. The molecule has 1 atom stereocenters. The molecule has 6 nitrogen and oxygen atoms in total. The number of halogens is 1. The van der Waals surface area contributed by atoms with Crippen molar-refractivity contribution in [3.8, 4) is 0 Å². The zero-order chi connectivity index (χ0) is 19.6. The molecule has 2 fully saturated rings. The molecular formula is C22H36IN5O. The predicted octanol–water partition coefficient (Wildman–Crippen LogP) is 2.88. The second kappa shape index (κ2) is 13.1. The van der Waals surface area contributed by atoms with Crippen LogP contribution in [0.25, 0.3) is 0 Å². The summed E-state index contributed by atoms with van der Waals surface area (Å²) in [5.41, 5.74) is 1.36. The first kappa shape index (κ1) is 23.9. The summed E-state index contributed by atoms with van der Waals surface area (Å²) < 4.78 is 0. The van der Waals surface area contributed by atoms with E-state index in [1.54, 1.807) is 7.05 Å². The summed E-state index contributed by atoms with van der Waals surface area (Å²) in [6.45, 7) is 3.24. The van der Waals surface area contributed by atoms with E-state index in [1.807, 2.05) is 0 Å². The van der Waals surface area contributed by atoms with E-state index in [9.17, 15) is 4.79 Å². The highest BCUT2D eigenvalue weighted by Crippen LogP contribution is 2.19. The Hall–Kier alpha value is -1.35. The first-order valence-electron chi connectivity index (χ1n) is 10.8. The lowest BCUT2D eigenvalue weighted by molar-refractivity contribution is -0.120.